The van der Waals surface area contributed by atoms with Crippen LogP contribution < -0.4 is 11.1 Å². The molecule has 0 aliphatic carbocycles. The van der Waals surface area contributed by atoms with Gasteiger partial charge in [0, 0.05) is 12.2 Å². The molecular weight excluding hydrogens is 251 g/mol. The summed E-state index contributed by atoms with van der Waals surface area (Å²) < 4.78 is 13.3. The second kappa shape index (κ2) is 6.53. The van der Waals surface area contributed by atoms with Crippen LogP contribution in [-0.4, -0.2) is 12.1 Å². The van der Waals surface area contributed by atoms with Gasteiger partial charge in [0.25, 0.3) is 0 Å². The molecule has 0 aliphatic rings. The van der Waals surface area contributed by atoms with Crippen molar-refractivity contribution in [1.82, 2.24) is 0 Å². The maximum Gasteiger partial charge on any atom is 0.125 e. The first-order valence-electron chi connectivity index (χ1n) is 6.95. The van der Waals surface area contributed by atoms with Gasteiger partial charge in [-0.3, -0.25) is 0 Å². The second-order valence-corrected chi connectivity index (χ2v) is 5.14. The van der Waals surface area contributed by atoms with Crippen molar-refractivity contribution >= 4 is 5.69 Å². The summed E-state index contributed by atoms with van der Waals surface area (Å²) in [6.07, 6.45) is 1.69. The van der Waals surface area contributed by atoms with Gasteiger partial charge in [0.1, 0.15) is 5.82 Å². The van der Waals surface area contributed by atoms with Crippen molar-refractivity contribution in [1.29, 1.82) is 0 Å². The van der Waals surface area contributed by atoms with Crippen LogP contribution in [0.25, 0.3) is 0 Å². The maximum atomic E-state index is 13.3. The van der Waals surface area contributed by atoms with Crippen molar-refractivity contribution in [2.24, 2.45) is 5.73 Å². The van der Waals surface area contributed by atoms with Crippen molar-refractivity contribution in [2.45, 2.75) is 25.3 Å². The smallest absolute Gasteiger partial charge is 0.125 e. The molecule has 0 radical (unpaired) electrons. The Labute approximate surface area is 119 Å². The average molecular weight is 272 g/mol. The molecule has 0 aromatic heterocycles. The van der Waals surface area contributed by atoms with Gasteiger partial charge in [0.15, 0.2) is 0 Å². The quantitative estimate of drug-likeness (QED) is 0.843. The number of nitrogens with two attached hydrogens (primary N) is 1. The SMILES string of the molecule is CCC(CN)(Cc1ccccc1)Nc1cccc(F)c1. The van der Waals surface area contributed by atoms with Gasteiger partial charge in [0.2, 0.25) is 0 Å². The lowest BCUT2D eigenvalue weighted by Gasteiger charge is -2.34. The Morgan fingerprint density at radius 1 is 1.10 bits per heavy atom. The van der Waals surface area contributed by atoms with E-state index in [1.165, 1.54) is 17.7 Å². The van der Waals surface area contributed by atoms with Gasteiger partial charge in [-0.2, -0.15) is 0 Å². The highest BCUT2D eigenvalue weighted by atomic mass is 19.1. The highest BCUT2D eigenvalue weighted by Crippen LogP contribution is 2.23. The van der Waals surface area contributed by atoms with E-state index in [9.17, 15) is 4.39 Å². The van der Waals surface area contributed by atoms with Crippen LogP contribution in [0.2, 0.25) is 0 Å². The Hall–Kier alpha value is -1.87. The monoisotopic (exact) mass is 272 g/mol. The lowest BCUT2D eigenvalue weighted by Crippen LogP contribution is -2.47. The highest BCUT2D eigenvalue weighted by Gasteiger charge is 2.26. The molecule has 106 valence electrons. The molecule has 0 fully saturated rings. The molecule has 0 saturated heterocycles. The zero-order valence-corrected chi connectivity index (χ0v) is 11.8. The lowest BCUT2D eigenvalue weighted by molar-refractivity contribution is 0.457. The third-order valence-electron chi connectivity index (χ3n) is 3.69. The summed E-state index contributed by atoms with van der Waals surface area (Å²) in [6.45, 7) is 2.59. The van der Waals surface area contributed by atoms with Gasteiger partial charge in [0.05, 0.1) is 5.54 Å². The fourth-order valence-corrected chi connectivity index (χ4v) is 2.38. The van der Waals surface area contributed by atoms with Crippen LogP contribution in [0.3, 0.4) is 0 Å². The Balaban J connectivity index is 2.21. The van der Waals surface area contributed by atoms with E-state index in [2.05, 4.69) is 24.4 Å². The van der Waals surface area contributed by atoms with Crippen LogP contribution in [-0.2, 0) is 6.42 Å². The summed E-state index contributed by atoms with van der Waals surface area (Å²) in [5.41, 5.74) is 7.74. The van der Waals surface area contributed by atoms with Crippen LogP contribution >= 0.6 is 0 Å². The Bertz CT molecular complexity index is 536. The number of hydrogen-bond acceptors (Lipinski definition) is 2. The van der Waals surface area contributed by atoms with E-state index in [-0.39, 0.29) is 11.4 Å². The first-order chi connectivity index (χ1) is 9.67. The fraction of sp³-hybridized carbons (Fsp3) is 0.294. The third kappa shape index (κ3) is 3.58. The maximum absolute atomic E-state index is 13.3. The predicted molar refractivity (Wildman–Crippen MR) is 82.2 cm³/mol. The highest BCUT2D eigenvalue weighted by molar-refractivity contribution is 5.46. The molecule has 2 rings (SSSR count). The van der Waals surface area contributed by atoms with Crippen molar-refractivity contribution in [2.75, 3.05) is 11.9 Å². The van der Waals surface area contributed by atoms with Crippen LogP contribution in [0, 0.1) is 5.82 Å². The van der Waals surface area contributed by atoms with Crippen molar-refractivity contribution in [3.63, 3.8) is 0 Å². The van der Waals surface area contributed by atoms with Gasteiger partial charge in [-0.1, -0.05) is 43.3 Å². The third-order valence-corrected chi connectivity index (χ3v) is 3.69. The number of rotatable bonds is 6. The zero-order valence-electron chi connectivity index (χ0n) is 11.8. The molecule has 0 saturated carbocycles. The minimum absolute atomic E-state index is 0.239. The van der Waals surface area contributed by atoms with Gasteiger partial charge >= 0.3 is 0 Å². The van der Waals surface area contributed by atoms with Crippen LogP contribution in [0.4, 0.5) is 10.1 Å². The van der Waals surface area contributed by atoms with Gasteiger partial charge < -0.3 is 11.1 Å². The van der Waals surface area contributed by atoms with E-state index < -0.39 is 0 Å². The summed E-state index contributed by atoms with van der Waals surface area (Å²) in [6, 6.07) is 16.7. The van der Waals surface area contributed by atoms with Gasteiger partial charge in [-0.25, -0.2) is 4.39 Å². The molecule has 1 unspecified atom stereocenters. The van der Waals surface area contributed by atoms with Gasteiger partial charge in [-0.05, 0) is 36.6 Å². The van der Waals surface area contributed by atoms with Crippen LogP contribution in [0.15, 0.2) is 54.6 Å². The molecule has 20 heavy (non-hydrogen) atoms. The number of halogens is 1. The molecule has 1 atom stereocenters. The molecule has 0 spiro atoms. The van der Waals surface area contributed by atoms with E-state index in [1.807, 2.05) is 24.3 Å². The van der Waals surface area contributed by atoms with E-state index in [4.69, 9.17) is 5.73 Å². The number of benzene rings is 2. The van der Waals surface area contributed by atoms with Crippen molar-refractivity contribution in [3.8, 4) is 0 Å². The summed E-state index contributed by atoms with van der Waals surface area (Å²) >= 11 is 0. The molecule has 0 heterocycles. The normalized spacial score (nSPS) is 13.8. The molecule has 0 aliphatic heterocycles. The van der Waals surface area contributed by atoms with E-state index in [1.54, 1.807) is 6.07 Å². The zero-order chi connectivity index (χ0) is 14.4. The number of hydrogen-bond donors (Lipinski definition) is 2. The lowest BCUT2D eigenvalue weighted by atomic mass is 9.88. The molecule has 2 aromatic carbocycles. The molecule has 2 nitrogen and oxygen atoms in total. The minimum Gasteiger partial charge on any atom is -0.378 e. The molecule has 0 amide bonds. The first kappa shape index (κ1) is 14.5. The summed E-state index contributed by atoms with van der Waals surface area (Å²) in [4.78, 5) is 0. The fourth-order valence-electron chi connectivity index (χ4n) is 2.38. The summed E-state index contributed by atoms with van der Waals surface area (Å²) in [7, 11) is 0. The average Bonchev–Trinajstić information content (AvgIpc) is 2.47. The summed E-state index contributed by atoms with van der Waals surface area (Å²) in [5, 5.41) is 3.42. The van der Waals surface area contributed by atoms with Crippen LogP contribution in [0.1, 0.15) is 18.9 Å². The molecule has 3 heteroatoms. The summed E-state index contributed by atoms with van der Waals surface area (Å²) in [5.74, 6) is -0.239. The molecular formula is C17H21FN2. The molecule has 2 aromatic rings. The Morgan fingerprint density at radius 2 is 1.85 bits per heavy atom. The topological polar surface area (TPSA) is 38.0 Å². The van der Waals surface area contributed by atoms with Gasteiger partial charge in [-0.15, -0.1) is 0 Å². The molecule has 0 bridgehead atoms. The first-order valence-corrected chi connectivity index (χ1v) is 6.95. The predicted octanol–water partition coefficient (Wildman–Crippen LogP) is 3.59. The standard InChI is InChI=1S/C17H21FN2/c1-2-17(13-19,12-14-7-4-3-5-8-14)20-16-10-6-9-15(18)11-16/h3-11,20H,2,12-13,19H2,1H3. The molecule has 3 N–H and O–H groups in total. The number of nitrogens with one attached hydrogen (secondary N) is 1. The Kier molecular flexibility index (Phi) is 4.74. The minimum atomic E-state index is -0.255. The van der Waals surface area contributed by atoms with E-state index in [0.717, 1.165) is 18.5 Å². The van der Waals surface area contributed by atoms with Crippen molar-refractivity contribution in [3.05, 3.63) is 66.0 Å². The Morgan fingerprint density at radius 3 is 2.45 bits per heavy atom. The van der Waals surface area contributed by atoms with E-state index in [0.29, 0.717) is 6.54 Å². The van der Waals surface area contributed by atoms with E-state index >= 15 is 0 Å². The van der Waals surface area contributed by atoms with Crippen LogP contribution in [0.5, 0.6) is 0 Å². The number of anilines is 1. The largest absolute Gasteiger partial charge is 0.378 e. The second-order valence-electron chi connectivity index (χ2n) is 5.14. The van der Waals surface area contributed by atoms with Crippen molar-refractivity contribution < 1.29 is 4.39 Å².